The van der Waals surface area contributed by atoms with Crippen LogP contribution in [0, 0.1) is 0 Å². The fourth-order valence-corrected chi connectivity index (χ4v) is 3.24. The largest absolute Gasteiger partial charge is 0.338 e. The number of tetrazole rings is 1. The molecule has 1 saturated heterocycles. The molecule has 1 atom stereocenters. The molecule has 0 spiro atoms. The summed E-state index contributed by atoms with van der Waals surface area (Å²) in [6, 6.07) is 10.9. The van der Waals surface area contributed by atoms with Crippen LogP contribution in [0.5, 0.6) is 0 Å². The molecule has 2 amide bonds. The molecule has 0 radical (unpaired) electrons. The highest BCUT2D eigenvalue weighted by Crippen LogP contribution is 2.21. The van der Waals surface area contributed by atoms with Crippen LogP contribution >= 0.6 is 0 Å². The summed E-state index contributed by atoms with van der Waals surface area (Å²) >= 11 is 0. The number of nitrogens with one attached hydrogen (secondary N) is 3. The Balaban J connectivity index is 1.40. The molecule has 1 fully saturated rings. The second kappa shape index (κ2) is 9.12. The fourth-order valence-electron chi connectivity index (χ4n) is 3.24. The lowest BCUT2D eigenvalue weighted by Crippen LogP contribution is -2.42. The number of likely N-dealkylation sites (tertiary alicyclic amines) is 1. The van der Waals surface area contributed by atoms with E-state index in [0.717, 1.165) is 19.5 Å². The minimum atomic E-state index is -0.199. The van der Waals surface area contributed by atoms with Crippen LogP contribution in [0.4, 0.5) is 4.79 Å². The Morgan fingerprint density at radius 1 is 1.24 bits per heavy atom. The predicted molar refractivity (Wildman–Crippen MR) is 93.5 cm³/mol. The van der Waals surface area contributed by atoms with Gasteiger partial charge in [-0.05, 0) is 31.4 Å². The van der Waals surface area contributed by atoms with E-state index in [1.165, 1.54) is 24.8 Å². The third kappa shape index (κ3) is 5.53. The van der Waals surface area contributed by atoms with E-state index >= 15 is 0 Å². The molecule has 1 unspecified atom stereocenters. The highest BCUT2D eigenvalue weighted by Gasteiger charge is 2.22. The molecule has 0 bridgehead atoms. The number of aromatic nitrogens is 4. The number of carbonyl (C=O) groups excluding carboxylic acids is 1. The first kappa shape index (κ1) is 17.3. The molecule has 1 aromatic heterocycles. The van der Waals surface area contributed by atoms with Crippen molar-refractivity contribution in [1.29, 1.82) is 0 Å². The van der Waals surface area contributed by atoms with Crippen LogP contribution in [0.25, 0.3) is 0 Å². The molecule has 0 saturated carbocycles. The topological polar surface area (TPSA) is 98.8 Å². The van der Waals surface area contributed by atoms with E-state index in [9.17, 15) is 4.79 Å². The maximum Gasteiger partial charge on any atom is 0.315 e. The summed E-state index contributed by atoms with van der Waals surface area (Å²) < 4.78 is 0. The van der Waals surface area contributed by atoms with Crippen molar-refractivity contribution < 1.29 is 4.79 Å². The number of rotatable bonds is 7. The first-order chi connectivity index (χ1) is 12.3. The molecule has 1 aliphatic heterocycles. The first-order valence-electron chi connectivity index (χ1n) is 8.83. The van der Waals surface area contributed by atoms with Gasteiger partial charge in [-0.3, -0.25) is 4.90 Å². The van der Waals surface area contributed by atoms with Crippen LogP contribution in [-0.4, -0.2) is 50.7 Å². The molecule has 1 aliphatic rings. The number of nitrogens with zero attached hydrogens (tertiary/aromatic N) is 4. The second-order valence-corrected chi connectivity index (χ2v) is 6.33. The van der Waals surface area contributed by atoms with Crippen molar-refractivity contribution in [2.45, 2.75) is 44.8 Å². The van der Waals surface area contributed by atoms with Gasteiger partial charge in [-0.25, -0.2) is 4.79 Å². The van der Waals surface area contributed by atoms with Gasteiger partial charge in [-0.2, -0.15) is 5.21 Å². The second-order valence-electron chi connectivity index (χ2n) is 6.33. The summed E-state index contributed by atoms with van der Waals surface area (Å²) in [5.74, 6) is 0.469. The molecule has 2 heterocycles. The minimum absolute atomic E-state index is 0.199. The van der Waals surface area contributed by atoms with Gasteiger partial charge in [0.1, 0.15) is 0 Å². The Morgan fingerprint density at radius 3 is 2.92 bits per heavy atom. The van der Waals surface area contributed by atoms with Crippen LogP contribution < -0.4 is 10.6 Å². The number of carbonyl (C=O) groups is 1. The molecular formula is C17H25N7O. The fraction of sp³-hybridized carbons (Fsp3) is 0.529. The molecule has 2 aromatic rings. The number of piperidine rings is 1. The lowest BCUT2D eigenvalue weighted by Gasteiger charge is -2.36. The zero-order valence-corrected chi connectivity index (χ0v) is 14.3. The molecular weight excluding hydrogens is 318 g/mol. The molecule has 8 nitrogen and oxygen atoms in total. The third-order valence-electron chi connectivity index (χ3n) is 4.54. The van der Waals surface area contributed by atoms with Gasteiger partial charge in [0.25, 0.3) is 0 Å². The van der Waals surface area contributed by atoms with Crippen LogP contribution in [0.2, 0.25) is 0 Å². The number of hydrogen-bond acceptors (Lipinski definition) is 5. The molecule has 1 aromatic carbocycles. The van der Waals surface area contributed by atoms with Crippen LogP contribution in [0.3, 0.4) is 0 Å². The normalized spacial score (nSPS) is 18.0. The van der Waals surface area contributed by atoms with Gasteiger partial charge in [0.05, 0.1) is 6.54 Å². The van der Waals surface area contributed by atoms with Gasteiger partial charge >= 0.3 is 6.03 Å². The van der Waals surface area contributed by atoms with Gasteiger partial charge in [0.2, 0.25) is 0 Å². The van der Waals surface area contributed by atoms with Gasteiger partial charge in [-0.1, -0.05) is 42.0 Å². The monoisotopic (exact) mass is 343 g/mol. The Morgan fingerprint density at radius 2 is 2.12 bits per heavy atom. The van der Waals surface area contributed by atoms with E-state index in [1.54, 1.807) is 0 Å². The summed E-state index contributed by atoms with van der Waals surface area (Å²) in [5.41, 5.74) is 1.35. The van der Waals surface area contributed by atoms with Crippen molar-refractivity contribution in [3.63, 3.8) is 0 Å². The van der Waals surface area contributed by atoms with E-state index in [0.29, 0.717) is 18.4 Å². The van der Waals surface area contributed by atoms with Crippen molar-refractivity contribution in [2.24, 2.45) is 0 Å². The van der Waals surface area contributed by atoms with Crippen molar-refractivity contribution in [3.8, 4) is 0 Å². The summed E-state index contributed by atoms with van der Waals surface area (Å²) in [5, 5.41) is 19.0. The Bertz CT molecular complexity index is 632. The first-order valence-corrected chi connectivity index (χ1v) is 8.83. The lowest BCUT2D eigenvalue weighted by atomic mass is 9.98. The number of amides is 2. The highest BCUT2D eigenvalue weighted by atomic mass is 16.2. The standard InChI is InChI=1S/C17H25N7O/c25-17(19-12-16-20-22-23-21-16)18-10-9-15-8-4-5-11-24(15)13-14-6-2-1-3-7-14/h1-3,6-7,15H,4-5,8-13H2,(H2,18,19,25)(H,20,21,22,23). The van der Waals surface area contributed by atoms with Gasteiger partial charge in [0, 0.05) is 19.1 Å². The minimum Gasteiger partial charge on any atom is -0.338 e. The smallest absolute Gasteiger partial charge is 0.315 e. The van der Waals surface area contributed by atoms with E-state index in [1.807, 2.05) is 6.07 Å². The van der Waals surface area contributed by atoms with E-state index < -0.39 is 0 Å². The third-order valence-corrected chi connectivity index (χ3v) is 4.54. The van der Waals surface area contributed by atoms with E-state index in [-0.39, 0.29) is 12.6 Å². The van der Waals surface area contributed by atoms with Crippen molar-refractivity contribution >= 4 is 6.03 Å². The number of urea groups is 1. The molecule has 8 heteroatoms. The Kier molecular flexibility index (Phi) is 6.33. The summed E-state index contributed by atoms with van der Waals surface area (Å²) in [6.07, 6.45) is 4.67. The molecule has 3 rings (SSSR count). The van der Waals surface area contributed by atoms with E-state index in [2.05, 4.69) is 60.4 Å². The molecule has 134 valence electrons. The van der Waals surface area contributed by atoms with Gasteiger partial charge in [0.15, 0.2) is 5.82 Å². The van der Waals surface area contributed by atoms with Gasteiger partial charge in [-0.15, -0.1) is 10.2 Å². The number of aromatic amines is 1. The maximum atomic E-state index is 11.8. The molecule has 3 N–H and O–H groups in total. The zero-order chi connectivity index (χ0) is 17.3. The number of H-pyrrole nitrogens is 1. The zero-order valence-electron chi connectivity index (χ0n) is 14.3. The summed E-state index contributed by atoms with van der Waals surface area (Å²) in [7, 11) is 0. The summed E-state index contributed by atoms with van der Waals surface area (Å²) in [4.78, 5) is 14.4. The Hall–Kier alpha value is -2.48. The van der Waals surface area contributed by atoms with E-state index in [4.69, 9.17) is 0 Å². The maximum absolute atomic E-state index is 11.8. The summed E-state index contributed by atoms with van der Waals surface area (Å²) in [6.45, 7) is 3.04. The Labute approximate surface area is 147 Å². The highest BCUT2D eigenvalue weighted by molar-refractivity contribution is 5.73. The van der Waals surface area contributed by atoms with Crippen LogP contribution in [-0.2, 0) is 13.1 Å². The van der Waals surface area contributed by atoms with Crippen molar-refractivity contribution in [2.75, 3.05) is 13.1 Å². The van der Waals surface area contributed by atoms with Crippen molar-refractivity contribution in [1.82, 2.24) is 36.2 Å². The number of benzene rings is 1. The lowest BCUT2D eigenvalue weighted by molar-refractivity contribution is 0.132. The quantitative estimate of drug-likeness (QED) is 0.707. The average Bonchev–Trinajstić information content (AvgIpc) is 3.16. The SMILES string of the molecule is O=C(NCCC1CCCCN1Cc1ccccc1)NCc1nn[nH]n1. The molecule has 0 aliphatic carbocycles. The van der Waals surface area contributed by atoms with Crippen molar-refractivity contribution in [3.05, 3.63) is 41.7 Å². The number of hydrogen-bond donors (Lipinski definition) is 3. The molecule has 25 heavy (non-hydrogen) atoms. The van der Waals surface area contributed by atoms with Crippen LogP contribution in [0.1, 0.15) is 37.1 Å². The average molecular weight is 343 g/mol. The van der Waals surface area contributed by atoms with Gasteiger partial charge < -0.3 is 10.6 Å². The predicted octanol–water partition coefficient (Wildman–Crippen LogP) is 1.44. The van der Waals surface area contributed by atoms with Crippen LogP contribution in [0.15, 0.2) is 30.3 Å².